The van der Waals surface area contributed by atoms with Gasteiger partial charge in [-0.2, -0.15) is 0 Å². The van der Waals surface area contributed by atoms with Crippen molar-refractivity contribution in [3.8, 4) is 34.1 Å². The van der Waals surface area contributed by atoms with Crippen molar-refractivity contribution in [3.05, 3.63) is 179 Å². The second-order valence-corrected chi connectivity index (χ2v) is 17.6. The molecule has 6 aromatic rings. The van der Waals surface area contributed by atoms with E-state index in [-0.39, 0.29) is 25.8 Å². The van der Waals surface area contributed by atoms with E-state index < -0.39 is 66.3 Å². The van der Waals surface area contributed by atoms with Crippen LogP contribution in [0.15, 0.2) is 146 Å². The zero-order chi connectivity index (χ0) is 49.9. The normalized spacial score (nSPS) is 15.9. The van der Waals surface area contributed by atoms with Gasteiger partial charge >= 0.3 is 5.97 Å². The predicted octanol–water partition coefficient (Wildman–Crippen LogP) is 7.13. The number of hydrogen-bond acceptors (Lipinski definition) is 10. The third-order valence-corrected chi connectivity index (χ3v) is 12.3. The van der Waals surface area contributed by atoms with Crippen LogP contribution in [-0.4, -0.2) is 65.4 Å². The summed E-state index contributed by atoms with van der Waals surface area (Å²) in [7, 11) is 0. The van der Waals surface area contributed by atoms with Gasteiger partial charge in [0.25, 0.3) is 18.5 Å². The summed E-state index contributed by atoms with van der Waals surface area (Å²) in [5.41, 5.74) is 12.2. The Morgan fingerprint density at radius 2 is 1.03 bits per heavy atom. The van der Waals surface area contributed by atoms with Gasteiger partial charge in [0.2, 0.25) is 17.7 Å². The molecule has 15 nitrogen and oxygen atoms in total. The number of carboxylic acid groups (broad SMARTS) is 1. The van der Waals surface area contributed by atoms with Gasteiger partial charge in [-0.3, -0.25) is 19.2 Å². The molecular formula is C56H57N5O10. The van der Waals surface area contributed by atoms with E-state index in [2.05, 4.69) is 52.5 Å². The SMILES string of the molecule is CCCCc1ccc(-c2ccc(C(=O)N[C@@H](CCN)C(=O)N[C@@H](Cc3ccc4c(c3)OC(c3ccccc3)O4)C(=O)N[C@@H](C)C(=O)N[C@@H](Cc3ccc4c(c3)OC(c3ccccc3)O4)C(=O)O)cc2)cc1. The minimum absolute atomic E-state index is 0.0373. The molecule has 0 fully saturated rings. The van der Waals surface area contributed by atoms with Crippen LogP contribution in [0.25, 0.3) is 11.1 Å². The summed E-state index contributed by atoms with van der Waals surface area (Å²) in [5, 5.41) is 20.9. The number of unbranched alkanes of at least 4 members (excludes halogenated alkanes) is 1. The van der Waals surface area contributed by atoms with Crippen LogP contribution in [0.5, 0.6) is 23.0 Å². The maximum absolute atomic E-state index is 14.2. The lowest BCUT2D eigenvalue weighted by molar-refractivity contribution is -0.142. The van der Waals surface area contributed by atoms with Crippen molar-refractivity contribution >= 4 is 29.6 Å². The highest BCUT2D eigenvalue weighted by atomic mass is 16.7. The van der Waals surface area contributed by atoms with Gasteiger partial charge in [0.15, 0.2) is 23.0 Å². The summed E-state index contributed by atoms with van der Waals surface area (Å²) in [6.07, 6.45) is 1.77. The number of aliphatic carboxylic acids is 1. The van der Waals surface area contributed by atoms with Crippen molar-refractivity contribution in [1.82, 2.24) is 21.3 Å². The largest absolute Gasteiger partial charge is 0.480 e. The molecule has 366 valence electrons. The number of ether oxygens (including phenoxy) is 4. The fourth-order valence-corrected chi connectivity index (χ4v) is 8.30. The predicted molar refractivity (Wildman–Crippen MR) is 266 cm³/mol. The number of benzene rings is 6. The molecule has 15 heteroatoms. The first-order valence-electron chi connectivity index (χ1n) is 23.8. The molecule has 6 atom stereocenters. The number of nitrogens with two attached hydrogens (primary N) is 1. The molecule has 0 saturated carbocycles. The summed E-state index contributed by atoms with van der Waals surface area (Å²) < 4.78 is 24.1. The van der Waals surface area contributed by atoms with E-state index in [9.17, 15) is 29.1 Å². The third kappa shape index (κ3) is 12.5. The molecule has 2 unspecified atom stereocenters. The van der Waals surface area contributed by atoms with Crippen molar-refractivity contribution in [3.63, 3.8) is 0 Å². The molecule has 0 aliphatic carbocycles. The van der Waals surface area contributed by atoms with E-state index in [1.54, 1.807) is 48.5 Å². The van der Waals surface area contributed by atoms with E-state index in [4.69, 9.17) is 24.7 Å². The Balaban J connectivity index is 0.943. The van der Waals surface area contributed by atoms with Crippen LogP contribution in [-0.2, 0) is 38.4 Å². The molecule has 0 saturated heterocycles. The average molecular weight is 960 g/mol. The number of carbonyl (C=O) groups excluding carboxylic acids is 4. The van der Waals surface area contributed by atoms with Gasteiger partial charge in [0.1, 0.15) is 24.2 Å². The zero-order valence-corrected chi connectivity index (χ0v) is 39.5. The molecule has 0 bridgehead atoms. The maximum Gasteiger partial charge on any atom is 0.326 e. The first-order chi connectivity index (χ1) is 34.4. The summed E-state index contributed by atoms with van der Waals surface area (Å²) in [5.74, 6) is -2.18. The fraction of sp³-hybridized carbons (Fsp3) is 0.268. The van der Waals surface area contributed by atoms with Gasteiger partial charge in [-0.1, -0.05) is 123 Å². The quantitative estimate of drug-likeness (QED) is 0.0427. The monoisotopic (exact) mass is 959 g/mol. The number of rotatable bonds is 21. The Bertz CT molecular complexity index is 2830. The Morgan fingerprint density at radius 3 is 1.55 bits per heavy atom. The summed E-state index contributed by atoms with van der Waals surface area (Å²) in [4.78, 5) is 68.1. The van der Waals surface area contributed by atoms with Crippen LogP contribution in [0, 0.1) is 0 Å². The van der Waals surface area contributed by atoms with E-state index >= 15 is 0 Å². The number of fused-ring (bicyclic) bond motifs is 2. The third-order valence-electron chi connectivity index (χ3n) is 12.3. The standard InChI is InChI=1S/C56H57N5O10/c1-3-4-11-35-16-20-38(21-17-35)39-22-24-40(25-23-39)51(63)59-43(28-29-57)52(64)60-44(30-36-18-26-46-48(32-36)70-55(68-46)41-12-7-5-8-13-41)53(65)58-34(2)50(62)61-45(54(66)67)31-37-19-27-47-49(33-37)71-56(69-47)42-14-9-6-10-15-42/h5-10,12-27,32-34,43-45,55-56H,3-4,11,28-31,57H2,1-2H3,(H,58,65)(H,59,63)(H,60,64)(H,61,62)(H,66,67)/t34-,43-,44-,45-,55?,56?/m0/s1. The molecule has 2 aliphatic rings. The molecule has 0 spiro atoms. The number of nitrogens with one attached hydrogen (secondary N) is 4. The zero-order valence-electron chi connectivity index (χ0n) is 39.5. The molecule has 7 N–H and O–H groups in total. The van der Waals surface area contributed by atoms with Crippen molar-refractivity contribution in [1.29, 1.82) is 0 Å². The average Bonchev–Trinajstić information content (AvgIpc) is 4.02. The van der Waals surface area contributed by atoms with Crippen LogP contribution in [0.1, 0.15) is 83.9 Å². The molecule has 8 rings (SSSR count). The smallest absolute Gasteiger partial charge is 0.326 e. The first-order valence-corrected chi connectivity index (χ1v) is 23.8. The Morgan fingerprint density at radius 1 is 0.549 bits per heavy atom. The lowest BCUT2D eigenvalue weighted by Crippen LogP contribution is -2.58. The molecule has 0 radical (unpaired) electrons. The number of carboxylic acids is 1. The van der Waals surface area contributed by atoms with Crippen molar-refractivity contribution in [2.24, 2.45) is 5.73 Å². The molecule has 6 aromatic carbocycles. The molecule has 2 aliphatic heterocycles. The van der Waals surface area contributed by atoms with Crippen molar-refractivity contribution < 1.29 is 48.0 Å². The second-order valence-electron chi connectivity index (χ2n) is 17.6. The molecule has 0 aromatic heterocycles. The topological polar surface area (TPSA) is 217 Å². The van der Waals surface area contributed by atoms with Crippen LogP contribution in [0.3, 0.4) is 0 Å². The second kappa shape index (κ2) is 23.0. The molecule has 71 heavy (non-hydrogen) atoms. The van der Waals surface area contributed by atoms with E-state index in [1.165, 1.54) is 12.5 Å². The van der Waals surface area contributed by atoms with Gasteiger partial charge in [0.05, 0.1) is 0 Å². The van der Waals surface area contributed by atoms with Gasteiger partial charge in [0, 0.05) is 29.5 Å². The highest BCUT2D eigenvalue weighted by Crippen LogP contribution is 2.42. The number of carbonyl (C=O) groups is 5. The van der Waals surface area contributed by atoms with E-state index in [0.29, 0.717) is 39.7 Å². The van der Waals surface area contributed by atoms with E-state index in [0.717, 1.165) is 41.5 Å². The lowest BCUT2D eigenvalue weighted by atomic mass is 10.0. The van der Waals surface area contributed by atoms with Gasteiger partial charge in [-0.05, 0) is 96.9 Å². The minimum Gasteiger partial charge on any atom is -0.480 e. The molecule has 4 amide bonds. The van der Waals surface area contributed by atoms with E-state index in [1.807, 2.05) is 72.8 Å². The number of aryl methyl sites for hydroxylation is 1. The van der Waals surface area contributed by atoms with Crippen LogP contribution in [0.4, 0.5) is 0 Å². The maximum atomic E-state index is 14.2. The Labute approximate surface area is 412 Å². The Kier molecular flexibility index (Phi) is 15.9. The molecular weight excluding hydrogens is 903 g/mol. The van der Waals surface area contributed by atoms with Crippen LogP contribution in [0.2, 0.25) is 0 Å². The van der Waals surface area contributed by atoms with Gasteiger partial charge in [-0.25, -0.2) is 4.79 Å². The highest BCUT2D eigenvalue weighted by molar-refractivity contribution is 5.99. The number of amides is 4. The summed E-state index contributed by atoms with van der Waals surface area (Å²) in [6, 6.07) is 39.3. The summed E-state index contributed by atoms with van der Waals surface area (Å²) >= 11 is 0. The highest BCUT2D eigenvalue weighted by Gasteiger charge is 2.33. The molecule has 2 heterocycles. The van der Waals surface area contributed by atoms with Gasteiger partial charge < -0.3 is 51.1 Å². The Hall–Kier alpha value is -8.17. The van der Waals surface area contributed by atoms with Crippen LogP contribution >= 0.6 is 0 Å². The fourth-order valence-electron chi connectivity index (χ4n) is 8.30. The van der Waals surface area contributed by atoms with Crippen molar-refractivity contribution in [2.45, 2.75) is 89.1 Å². The van der Waals surface area contributed by atoms with Crippen LogP contribution < -0.4 is 45.9 Å². The first kappa shape index (κ1) is 49.3. The minimum atomic E-state index is -1.38. The van der Waals surface area contributed by atoms with Gasteiger partial charge in [-0.15, -0.1) is 0 Å². The van der Waals surface area contributed by atoms with Crippen molar-refractivity contribution in [2.75, 3.05) is 6.54 Å². The number of hydrogen-bond donors (Lipinski definition) is 6. The summed E-state index contributed by atoms with van der Waals surface area (Å²) in [6.45, 7) is 3.61. The lowest BCUT2D eigenvalue weighted by Gasteiger charge is -2.25.